The number of carbonyl (C=O) groups is 1. The molecule has 0 saturated heterocycles. The fraction of sp³-hybridized carbons (Fsp3) is 0.692. The molecule has 1 aromatic rings. The third kappa shape index (κ3) is 2.00. The van der Waals surface area contributed by atoms with Crippen LogP contribution in [0.1, 0.15) is 41.0 Å². The smallest absolute Gasteiger partial charge is 0.350 e. The highest BCUT2D eigenvalue weighted by atomic mass is 32.1. The third-order valence-electron chi connectivity index (χ3n) is 4.21. The molecule has 0 aliphatic heterocycles. The van der Waals surface area contributed by atoms with Gasteiger partial charge in [0.05, 0.1) is 12.8 Å². The quantitative estimate of drug-likeness (QED) is 0.855. The van der Waals surface area contributed by atoms with E-state index < -0.39 is 0 Å². The minimum absolute atomic E-state index is 0.286. The normalized spacial score (nSPS) is 29.6. The molecular formula is C13H18N2O2S. The summed E-state index contributed by atoms with van der Waals surface area (Å²) >= 11 is 1.41. The standard InChI is InChI=1S/C13H18N2O2S/c1-7-11(12(16)17-2)18-13(14-7)15-10-6-8-3-4-9(10)5-8/h8-10H,3-6H2,1-2H3,(H,14,15). The molecule has 0 spiro atoms. The molecule has 2 bridgehead atoms. The van der Waals surface area contributed by atoms with Crippen LogP contribution < -0.4 is 5.32 Å². The number of aromatic nitrogens is 1. The number of fused-ring (bicyclic) bond motifs is 2. The number of hydrogen-bond donors (Lipinski definition) is 1. The van der Waals surface area contributed by atoms with Gasteiger partial charge >= 0.3 is 5.97 Å². The van der Waals surface area contributed by atoms with E-state index in [2.05, 4.69) is 10.3 Å². The molecule has 2 aliphatic carbocycles. The molecular weight excluding hydrogens is 248 g/mol. The average Bonchev–Trinajstić information content (AvgIpc) is 3.04. The predicted molar refractivity (Wildman–Crippen MR) is 71.0 cm³/mol. The van der Waals surface area contributed by atoms with Gasteiger partial charge in [-0.3, -0.25) is 0 Å². The van der Waals surface area contributed by atoms with E-state index in [1.54, 1.807) is 0 Å². The first kappa shape index (κ1) is 12.0. The number of methoxy groups -OCH3 is 1. The van der Waals surface area contributed by atoms with Gasteiger partial charge in [-0.15, -0.1) is 0 Å². The van der Waals surface area contributed by atoms with E-state index in [9.17, 15) is 4.79 Å². The zero-order valence-electron chi connectivity index (χ0n) is 10.7. The van der Waals surface area contributed by atoms with E-state index in [1.807, 2.05) is 6.92 Å². The van der Waals surface area contributed by atoms with Gasteiger partial charge in [0, 0.05) is 6.04 Å². The predicted octanol–water partition coefficient (Wildman–Crippen LogP) is 2.84. The lowest BCUT2D eigenvalue weighted by atomic mass is 9.96. The van der Waals surface area contributed by atoms with Crippen molar-refractivity contribution in [3.8, 4) is 0 Å². The van der Waals surface area contributed by atoms with Crippen LogP contribution in [0.5, 0.6) is 0 Å². The van der Waals surface area contributed by atoms with Crippen molar-refractivity contribution in [1.29, 1.82) is 0 Å². The fourth-order valence-corrected chi connectivity index (χ4v) is 4.27. The molecule has 4 nitrogen and oxygen atoms in total. The summed E-state index contributed by atoms with van der Waals surface area (Å²) in [5.74, 6) is 1.43. The first-order chi connectivity index (χ1) is 8.67. The van der Waals surface area contributed by atoms with Crippen molar-refractivity contribution in [3.63, 3.8) is 0 Å². The van der Waals surface area contributed by atoms with Crippen LogP contribution in [0.2, 0.25) is 0 Å². The summed E-state index contributed by atoms with van der Waals surface area (Å²) in [5.41, 5.74) is 0.762. The van der Waals surface area contributed by atoms with Crippen molar-refractivity contribution in [2.75, 3.05) is 12.4 Å². The summed E-state index contributed by atoms with van der Waals surface area (Å²) in [7, 11) is 1.41. The summed E-state index contributed by atoms with van der Waals surface area (Å²) in [4.78, 5) is 16.6. The Kier molecular flexibility index (Phi) is 3.01. The maximum atomic E-state index is 11.5. The van der Waals surface area contributed by atoms with Crippen LogP contribution in [0.3, 0.4) is 0 Å². The van der Waals surface area contributed by atoms with Crippen molar-refractivity contribution in [3.05, 3.63) is 10.6 Å². The highest BCUT2D eigenvalue weighted by Gasteiger charge is 2.39. The van der Waals surface area contributed by atoms with Crippen LogP contribution in [0.15, 0.2) is 0 Å². The van der Waals surface area contributed by atoms with Crippen molar-refractivity contribution in [1.82, 2.24) is 4.98 Å². The zero-order chi connectivity index (χ0) is 12.7. The van der Waals surface area contributed by atoms with Gasteiger partial charge in [-0.1, -0.05) is 17.8 Å². The number of ether oxygens (including phenoxy) is 1. The van der Waals surface area contributed by atoms with Crippen LogP contribution in [-0.2, 0) is 4.74 Å². The molecule has 2 fully saturated rings. The lowest BCUT2D eigenvalue weighted by Crippen LogP contribution is -2.25. The molecule has 0 amide bonds. The van der Waals surface area contributed by atoms with Crippen LogP contribution in [-0.4, -0.2) is 24.1 Å². The number of esters is 1. The van der Waals surface area contributed by atoms with E-state index in [0.29, 0.717) is 10.9 Å². The molecule has 2 aliphatic rings. The van der Waals surface area contributed by atoms with E-state index in [0.717, 1.165) is 22.7 Å². The molecule has 1 aromatic heterocycles. The summed E-state index contributed by atoms with van der Waals surface area (Å²) in [6.07, 6.45) is 5.37. The van der Waals surface area contributed by atoms with Crippen molar-refractivity contribution < 1.29 is 9.53 Å². The number of nitrogens with one attached hydrogen (secondary N) is 1. The van der Waals surface area contributed by atoms with Gasteiger partial charge in [0.25, 0.3) is 0 Å². The maximum Gasteiger partial charge on any atom is 0.350 e. The lowest BCUT2D eigenvalue weighted by Gasteiger charge is -2.22. The fourth-order valence-electron chi connectivity index (χ4n) is 3.32. The molecule has 2 saturated carbocycles. The topological polar surface area (TPSA) is 51.2 Å². The number of hydrogen-bond acceptors (Lipinski definition) is 5. The number of thiazole rings is 1. The second kappa shape index (κ2) is 4.53. The Morgan fingerprint density at radius 1 is 1.44 bits per heavy atom. The molecule has 3 rings (SSSR count). The second-order valence-electron chi connectivity index (χ2n) is 5.35. The second-order valence-corrected chi connectivity index (χ2v) is 6.35. The molecule has 3 atom stereocenters. The van der Waals surface area contributed by atoms with Gasteiger partial charge in [0.15, 0.2) is 5.13 Å². The number of anilines is 1. The van der Waals surface area contributed by atoms with Gasteiger partial charge in [-0.25, -0.2) is 9.78 Å². The van der Waals surface area contributed by atoms with Crippen molar-refractivity contribution >= 4 is 22.4 Å². The van der Waals surface area contributed by atoms with E-state index in [-0.39, 0.29) is 5.97 Å². The molecule has 0 aromatic carbocycles. The Labute approximate surface area is 111 Å². The maximum absolute atomic E-state index is 11.5. The first-order valence-corrected chi connectivity index (χ1v) is 7.31. The minimum Gasteiger partial charge on any atom is -0.465 e. The summed E-state index contributed by atoms with van der Waals surface area (Å²) in [6.45, 7) is 1.86. The van der Waals surface area contributed by atoms with Crippen molar-refractivity contribution in [2.45, 2.75) is 38.6 Å². The molecule has 98 valence electrons. The van der Waals surface area contributed by atoms with Crippen LogP contribution in [0.25, 0.3) is 0 Å². The highest BCUT2D eigenvalue weighted by Crippen LogP contribution is 2.45. The summed E-state index contributed by atoms with van der Waals surface area (Å²) in [6, 6.07) is 0.555. The number of aryl methyl sites for hydroxylation is 1. The number of carbonyl (C=O) groups excluding carboxylic acids is 1. The van der Waals surface area contributed by atoms with E-state index in [1.165, 1.54) is 44.1 Å². The zero-order valence-corrected chi connectivity index (χ0v) is 11.5. The Balaban J connectivity index is 1.72. The SMILES string of the molecule is COC(=O)c1sc(NC2CC3CCC2C3)nc1C. The first-order valence-electron chi connectivity index (χ1n) is 6.49. The molecule has 5 heteroatoms. The molecule has 3 unspecified atom stereocenters. The van der Waals surface area contributed by atoms with Gasteiger partial charge < -0.3 is 10.1 Å². The Hall–Kier alpha value is -1.10. The van der Waals surface area contributed by atoms with Gasteiger partial charge in [-0.2, -0.15) is 0 Å². The number of rotatable bonds is 3. The van der Waals surface area contributed by atoms with E-state index in [4.69, 9.17) is 4.74 Å². The summed E-state index contributed by atoms with van der Waals surface area (Å²) in [5, 5.41) is 4.38. The van der Waals surface area contributed by atoms with Crippen LogP contribution in [0.4, 0.5) is 5.13 Å². The lowest BCUT2D eigenvalue weighted by molar-refractivity contribution is 0.0605. The van der Waals surface area contributed by atoms with Crippen LogP contribution >= 0.6 is 11.3 Å². The average molecular weight is 266 g/mol. The Bertz CT molecular complexity index is 472. The minimum atomic E-state index is -0.286. The van der Waals surface area contributed by atoms with Gasteiger partial charge in [0.2, 0.25) is 0 Å². The van der Waals surface area contributed by atoms with Gasteiger partial charge in [-0.05, 0) is 38.0 Å². The monoisotopic (exact) mass is 266 g/mol. The summed E-state index contributed by atoms with van der Waals surface area (Å²) < 4.78 is 4.75. The number of nitrogens with zero attached hydrogens (tertiary/aromatic N) is 1. The highest BCUT2D eigenvalue weighted by molar-refractivity contribution is 7.17. The molecule has 1 N–H and O–H groups in total. The van der Waals surface area contributed by atoms with Crippen LogP contribution in [0, 0.1) is 18.8 Å². The van der Waals surface area contributed by atoms with Gasteiger partial charge in [0.1, 0.15) is 4.88 Å². The Morgan fingerprint density at radius 3 is 2.89 bits per heavy atom. The van der Waals surface area contributed by atoms with E-state index >= 15 is 0 Å². The molecule has 18 heavy (non-hydrogen) atoms. The third-order valence-corrected chi connectivity index (χ3v) is 5.28. The largest absolute Gasteiger partial charge is 0.465 e. The Morgan fingerprint density at radius 2 is 2.28 bits per heavy atom. The van der Waals surface area contributed by atoms with Crippen molar-refractivity contribution in [2.24, 2.45) is 11.8 Å². The molecule has 0 radical (unpaired) electrons. The molecule has 1 heterocycles.